The van der Waals surface area contributed by atoms with E-state index in [2.05, 4.69) is 159 Å². The van der Waals surface area contributed by atoms with Crippen molar-refractivity contribution in [3.63, 3.8) is 0 Å². The Morgan fingerprint density at radius 2 is 0.918 bits per heavy atom. The van der Waals surface area contributed by atoms with Crippen LogP contribution in [-0.4, -0.2) is 0 Å². The number of benzene rings is 8. The molecule has 0 amide bonds. The highest BCUT2D eigenvalue weighted by molar-refractivity contribution is 7.28. The van der Waals surface area contributed by atoms with Crippen LogP contribution in [0.5, 0.6) is 0 Å². The van der Waals surface area contributed by atoms with Crippen molar-refractivity contribution in [3.8, 4) is 33.4 Å². The molecular formula is C47H30S2. The first kappa shape index (κ1) is 27.6. The summed E-state index contributed by atoms with van der Waals surface area (Å²) in [5.74, 6) is 0. The molecule has 0 fully saturated rings. The molecule has 0 atom stereocenters. The molecule has 1 aliphatic rings. The highest BCUT2D eigenvalue weighted by Crippen LogP contribution is 2.54. The molecule has 0 saturated carbocycles. The lowest BCUT2D eigenvalue weighted by atomic mass is 9.80. The second-order valence-electron chi connectivity index (χ2n) is 14.0. The van der Waals surface area contributed by atoms with Crippen molar-refractivity contribution < 1.29 is 0 Å². The van der Waals surface area contributed by atoms with Crippen molar-refractivity contribution in [1.82, 2.24) is 0 Å². The second kappa shape index (κ2) is 9.89. The molecule has 0 aliphatic heterocycles. The maximum atomic E-state index is 2.50. The molecule has 0 N–H and O–H groups in total. The van der Waals surface area contributed by atoms with Gasteiger partial charge in [0, 0.05) is 51.3 Å². The van der Waals surface area contributed by atoms with Gasteiger partial charge in [-0.15, -0.1) is 22.7 Å². The lowest BCUT2D eigenvalue weighted by molar-refractivity contribution is 0.660. The molecule has 2 heteroatoms. The van der Waals surface area contributed by atoms with E-state index in [0.717, 1.165) is 0 Å². The standard InChI is InChI=1S/C47H30S2/c1-47(2)37-20-10-7-13-28(37)29-24-23-27(25-38(29)47)42-30-14-3-5-16-32(30)43(33-17-6-4-15-31(33)42)36-26-41-44(34-18-8-11-21-39(34)48-41)45-35-19-9-12-22-40(35)49-46(36)45/h3-26H,1-2H3. The van der Waals surface area contributed by atoms with Gasteiger partial charge in [-0.05, 0) is 84.8 Å². The molecule has 0 nitrogen and oxygen atoms in total. The zero-order valence-corrected chi connectivity index (χ0v) is 28.8. The Hall–Kier alpha value is -5.28. The van der Waals surface area contributed by atoms with E-state index in [1.54, 1.807) is 0 Å². The van der Waals surface area contributed by atoms with Crippen molar-refractivity contribution in [2.75, 3.05) is 0 Å². The summed E-state index contributed by atoms with van der Waals surface area (Å²) in [5, 5.41) is 10.7. The summed E-state index contributed by atoms with van der Waals surface area (Å²) in [7, 11) is 0. The van der Waals surface area contributed by atoms with E-state index in [1.807, 2.05) is 22.7 Å². The van der Waals surface area contributed by atoms with Gasteiger partial charge >= 0.3 is 0 Å². The summed E-state index contributed by atoms with van der Waals surface area (Å²) in [6.07, 6.45) is 0. The number of rotatable bonds is 2. The molecule has 2 aromatic heterocycles. The lowest BCUT2D eigenvalue weighted by Crippen LogP contribution is -2.14. The molecule has 0 bridgehead atoms. The molecule has 0 spiro atoms. The smallest absolute Gasteiger partial charge is 0.0441 e. The fraction of sp³-hybridized carbons (Fsp3) is 0.0638. The third-order valence-corrected chi connectivity index (χ3v) is 13.4. The van der Waals surface area contributed by atoms with Gasteiger partial charge in [0.1, 0.15) is 0 Å². The molecule has 1 aliphatic carbocycles. The van der Waals surface area contributed by atoms with Gasteiger partial charge in [0.15, 0.2) is 0 Å². The molecule has 49 heavy (non-hydrogen) atoms. The topological polar surface area (TPSA) is 0 Å². The number of hydrogen-bond donors (Lipinski definition) is 0. The van der Waals surface area contributed by atoms with Crippen LogP contribution in [0.4, 0.5) is 0 Å². The SMILES string of the molecule is CC1(C)c2ccccc2-c2ccc(-c3c4ccccc4c(-c4cc5sc6ccccc6c5c5c4sc4ccccc45)c4ccccc34)cc21. The minimum atomic E-state index is -0.0556. The van der Waals surface area contributed by atoms with Crippen LogP contribution in [0, 0.1) is 0 Å². The molecule has 0 unspecified atom stereocenters. The largest absolute Gasteiger partial charge is 0.135 e. The van der Waals surface area contributed by atoms with Crippen LogP contribution in [0.3, 0.4) is 0 Å². The van der Waals surface area contributed by atoms with Crippen molar-refractivity contribution in [2.24, 2.45) is 0 Å². The monoisotopic (exact) mass is 658 g/mol. The molecule has 0 radical (unpaired) electrons. The fourth-order valence-corrected chi connectivity index (χ4v) is 11.3. The Labute approximate surface area is 292 Å². The van der Waals surface area contributed by atoms with E-state index >= 15 is 0 Å². The maximum Gasteiger partial charge on any atom is 0.0441 e. The molecule has 0 saturated heterocycles. The van der Waals surface area contributed by atoms with Crippen molar-refractivity contribution in [3.05, 3.63) is 157 Å². The van der Waals surface area contributed by atoms with Crippen molar-refractivity contribution in [2.45, 2.75) is 19.3 Å². The first-order chi connectivity index (χ1) is 24.1. The van der Waals surface area contributed by atoms with Crippen LogP contribution in [0.1, 0.15) is 25.0 Å². The van der Waals surface area contributed by atoms with Gasteiger partial charge in [0.05, 0.1) is 0 Å². The normalized spacial score (nSPS) is 13.7. The van der Waals surface area contributed by atoms with Gasteiger partial charge in [0.25, 0.3) is 0 Å². The summed E-state index contributed by atoms with van der Waals surface area (Å²) < 4.78 is 5.41. The third kappa shape index (κ3) is 3.68. The maximum absolute atomic E-state index is 2.50. The van der Waals surface area contributed by atoms with Crippen LogP contribution in [0.15, 0.2) is 146 Å². The predicted octanol–water partition coefficient (Wildman–Crippen LogP) is 14.4. The summed E-state index contributed by atoms with van der Waals surface area (Å²) >= 11 is 3.86. The van der Waals surface area contributed by atoms with Crippen molar-refractivity contribution >= 4 is 84.6 Å². The van der Waals surface area contributed by atoms with Crippen LogP contribution in [-0.2, 0) is 5.41 Å². The number of thiophene rings is 2. The summed E-state index contributed by atoms with van der Waals surface area (Å²) in [5.41, 5.74) is 10.8. The van der Waals surface area contributed by atoms with E-state index < -0.39 is 0 Å². The van der Waals surface area contributed by atoms with E-state index in [1.165, 1.54) is 106 Å². The van der Waals surface area contributed by atoms with Crippen LogP contribution >= 0.6 is 22.7 Å². The predicted molar refractivity (Wildman–Crippen MR) is 216 cm³/mol. The van der Waals surface area contributed by atoms with Gasteiger partial charge < -0.3 is 0 Å². The Balaban J connectivity index is 1.27. The average molecular weight is 659 g/mol. The third-order valence-electron chi connectivity index (χ3n) is 11.1. The Kier molecular flexibility index (Phi) is 5.58. The lowest BCUT2D eigenvalue weighted by Gasteiger charge is -2.23. The fourth-order valence-electron chi connectivity index (χ4n) is 8.88. The van der Waals surface area contributed by atoms with Gasteiger partial charge in [0.2, 0.25) is 0 Å². The first-order valence-corrected chi connectivity index (χ1v) is 18.7. The Morgan fingerprint density at radius 1 is 0.388 bits per heavy atom. The van der Waals surface area contributed by atoms with E-state index in [9.17, 15) is 0 Å². The quantitative estimate of drug-likeness (QED) is 0.162. The van der Waals surface area contributed by atoms with Crippen molar-refractivity contribution in [1.29, 1.82) is 0 Å². The minimum absolute atomic E-state index is 0.0556. The first-order valence-electron chi connectivity index (χ1n) is 17.0. The second-order valence-corrected chi connectivity index (χ2v) is 16.1. The molecule has 11 rings (SSSR count). The zero-order chi connectivity index (χ0) is 32.4. The molecular weight excluding hydrogens is 629 g/mol. The van der Waals surface area contributed by atoms with Gasteiger partial charge in [-0.3, -0.25) is 0 Å². The zero-order valence-electron chi connectivity index (χ0n) is 27.2. The number of hydrogen-bond acceptors (Lipinski definition) is 2. The Bertz CT molecular complexity index is 2970. The van der Waals surface area contributed by atoms with Gasteiger partial charge in [-0.2, -0.15) is 0 Å². The van der Waals surface area contributed by atoms with E-state index in [-0.39, 0.29) is 5.41 Å². The van der Waals surface area contributed by atoms with E-state index in [4.69, 9.17) is 0 Å². The minimum Gasteiger partial charge on any atom is -0.135 e. The Morgan fingerprint density at radius 3 is 1.61 bits per heavy atom. The average Bonchev–Trinajstić information content (AvgIpc) is 3.78. The van der Waals surface area contributed by atoms with Crippen LogP contribution in [0.2, 0.25) is 0 Å². The van der Waals surface area contributed by atoms with Gasteiger partial charge in [-0.25, -0.2) is 0 Å². The molecule has 2 heterocycles. The summed E-state index contributed by atoms with van der Waals surface area (Å²) in [4.78, 5) is 0. The highest BCUT2D eigenvalue weighted by Gasteiger charge is 2.35. The summed E-state index contributed by atoms with van der Waals surface area (Å²) in [6.45, 7) is 4.75. The molecule has 8 aromatic carbocycles. The highest BCUT2D eigenvalue weighted by atomic mass is 32.1. The van der Waals surface area contributed by atoms with Crippen LogP contribution < -0.4 is 0 Å². The number of fused-ring (bicyclic) bond motifs is 12. The van der Waals surface area contributed by atoms with E-state index in [0.29, 0.717) is 0 Å². The molecule has 230 valence electrons. The summed E-state index contributed by atoms with van der Waals surface area (Å²) in [6, 6.07) is 54.8. The molecule has 10 aromatic rings. The van der Waals surface area contributed by atoms with Gasteiger partial charge in [-0.1, -0.05) is 135 Å². The van der Waals surface area contributed by atoms with Crippen LogP contribution in [0.25, 0.3) is 95.3 Å².